The molecule has 3 rings (SSSR count). The molecule has 0 unspecified atom stereocenters. The lowest BCUT2D eigenvalue weighted by Crippen LogP contribution is -2.33. The van der Waals surface area contributed by atoms with E-state index in [1.807, 2.05) is 0 Å². The number of benzene rings is 2. The molecule has 0 radical (unpaired) electrons. The first-order valence-electron chi connectivity index (χ1n) is 7.87. The zero-order valence-corrected chi connectivity index (χ0v) is 15.5. The van der Waals surface area contributed by atoms with E-state index in [2.05, 4.69) is 26.3 Å². The second kappa shape index (κ2) is 8.00. The summed E-state index contributed by atoms with van der Waals surface area (Å²) in [7, 11) is 0. The van der Waals surface area contributed by atoms with Crippen molar-refractivity contribution in [3.05, 3.63) is 73.7 Å². The molecule has 0 fully saturated rings. The zero-order chi connectivity index (χ0) is 19.4. The number of amides is 1. The van der Waals surface area contributed by atoms with Gasteiger partial charge in [-0.15, -0.1) is 0 Å². The van der Waals surface area contributed by atoms with Crippen molar-refractivity contribution in [3.63, 3.8) is 0 Å². The normalized spacial score (nSPS) is 10.6. The van der Waals surface area contributed by atoms with E-state index in [0.717, 1.165) is 4.68 Å². The Morgan fingerprint density at radius 1 is 1.04 bits per heavy atom. The maximum Gasteiger partial charge on any atom is 0.328 e. The second-order valence-corrected chi connectivity index (χ2v) is 6.42. The van der Waals surface area contributed by atoms with Gasteiger partial charge >= 0.3 is 5.97 Å². The van der Waals surface area contributed by atoms with E-state index in [0.29, 0.717) is 10.2 Å². The summed E-state index contributed by atoms with van der Waals surface area (Å²) in [6.45, 7) is -1.03. The van der Waals surface area contributed by atoms with E-state index >= 15 is 0 Å². The Morgan fingerprint density at radius 3 is 2.44 bits per heavy atom. The van der Waals surface area contributed by atoms with Gasteiger partial charge in [-0.1, -0.05) is 24.3 Å². The smallest absolute Gasteiger partial charge is 0.328 e. The van der Waals surface area contributed by atoms with Gasteiger partial charge < -0.3 is 10.1 Å². The molecule has 2 N–H and O–H groups in total. The molecule has 1 heterocycles. The van der Waals surface area contributed by atoms with E-state index in [1.54, 1.807) is 36.4 Å². The molecule has 0 spiro atoms. The van der Waals surface area contributed by atoms with Crippen LogP contribution in [0.5, 0.6) is 0 Å². The van der Waals surface area contributed by atoms with Crippen LogP contribution in [-0.2, 0) is 20.9 Å². The van der Waals surface area contributed by atoms with Crippen LogP contribution < -0.4 is 16.4 Å². The Balaban J connectivity index is 1.65. The van der Waals surface area contributed by atoms with E-state index in [9.17, 15) is 19.2 Å². The lowest BCUT2D eigenvalue weighted by atomic mass is 10.2. The predicted octanol–water partition coefficient (Wildman–Crippen LogP) is 1.63. The zero-order valence-electron chi connectivity index (χ0n) is 13.9. The molecular weight excluding hydrogens is 418 g/mol. The number of H-pyrrole nitrogens is 1. The van der Waals surface area contributed by atoms with Crippen molar-refractivity contribution in [1.29, 1.82) is 0 Å². The van der Waals surface area contributed by atoms with Gasteiger partial charge in [-0.3, -0.25) is 24.3 Å². The number of fused-ring (bicyclic) bond motifs is 1. The number of anilines is 1. The van der Waals surface area contributed by atoms with Crippen molar-refractivity contribution in [1.82, 2.24) is 9.78 Å². The van der Waals surface area contributed by atoms with E-state index in [4.69, 9.17) is 4.74 Å². The summed E-state index contributed by atoms with van der Waals surface area (Å²) < 4.78 is 6.42. The van der Waals surface area contributed by atoms with Crippen molar-refractivity contribution < 1.29 is 14.3 Å². The highest BCUT2D eigenvalue weighted by Crippen LogP contribution is 2.20. The summed E-state index contributed by atoms with van der Waals surface area (Å²) in [5.41, 5.74) is -0.488. The summed E-state index contributed by atoms with van der Waals surface area (Å²) in [5, 5.41) is 5.34. The number of ether oxygens (including phenoxy) is 1. The molecule has 0 saturated heterocycles. The van der Waals surface area contributed by atoms with Crippen molar-refractivity contribution in [2.45, 2.75) is 6.54 Å². The number of halogens is 1. The highest BCUT2D eigenvalue weighted by Gasteiger charge is 2.13. The summed E-state index contributed by atoms with van der Waals surface area (Å²) in [6, 6.07) is 13.3. The fourth-order valence-corrected chi connectivity index (χ4v) is 2.81. The molecule has 0 bridgehead atoms. The summed E-state index contributed by atoms with van der Waals surface area (Å²) in [5.74, 6) is -1.36. The molecule has 138 valence electrons. The quantitative estimate of drug-likeness (QED) is 0.596. The van der Waals surface area contributed by atoms with Crippen LogP contribution in [0.3, 0.4) is 0 Å². The predicted molar refractivity (Wildman–Crippen MR) is 103 cm³/mol. The van der Waals surface area contributed by atoms with Gasteiger partial charge in [-0.05, 0) is 40.2 Å². The van der Waals surface area contributed by atoms with Crippen LogP contribution in [0.2, 0.25) is 0 Å². The Labute approximate surface area is 160 Å². The molecule has 0 aliphatic heterocycles. The third-order valence-electron chi connectivity index (χ3n) is 3.68. The Kier molecular flexibility index (Phi) is 5.51. The molecule has 0 atom stereocenters. The number of hydrogen-bond donors (Lipinski definition) is 2. The molecule has 0 aliphatic rings. The molecule has 8 nitrogen and oxygen atoms in total. The minimum absolute atomic E-state index is 0.195. The highest BCUT2D eigenvalue weighted by atomic mass is 79.9. The molecule has 3 aromatic rings. The Hall–Kier alpha value is -3.20. The molecule has 2 aromatic carbocycles. The fraction of sp³-hybridized carbons (Fsp3) is 0.111. The van der Waals surface area contributed by atoms with Gasteiger partial charge in [-0.25, -0.2) is 4.68 Å². The average molecular weight is 432 g/mol. The molecule has 27 heavy (non-hydrogen) atoms. The minimum Gasteiger partial charge on any atom is -0.454 e. The number of para-hydroxylation sites is 1. The van der Waals surface area contributed by atoms with Crippen molar-refractivity contribution in [2.75, 3.05) is 11.9 Å². The number of nitrogens with zero attached hydrogens (tertiary/aromatic N) is 1. The lowest BCUT2D eigenvalue weighted by molar-refractivity contribution is -0.148. The standard InChI is InChI=1S/C18H14BrN3O5/c19-13-7-3-4-8-14(13)20-15(23)10-27-16(24)9-22-18(26)12-6-2-1-5-11(12)17(25)21-22/h1-8H,9-10H2,(H,20,23)(H,21,25). The van der Waals surface area contributed by atoms with Crippen LogP contribution in [0.25, 0.3) is 10.8 Å². The number of aromatic amines is 1. The molecule has 0 saturated carbocycles. The molecule has 1 amide bonds. The average Bonchev–Trinajstić information content (AvgIpc) is 2.66. The topological polar surface area (TPSA) is 110 Å². The van der Waals surface area contributed by atoms with E-state index in [1.165, 1.54) is 12.1 Å². The van der Waals surface area contributed by atoms with E-state index in [-0.39, 0.29) is 10.8 Å². The third-order valence-corrected chi connectivity index (χ3v) is 4.37. The molecule has 0 aliphatic carbocycles. The van der Waals surface area contributed by atoms with Crippen LogP contribution in [0.1, 0.15) is 0 Å². The van der Waals surface area contributed by atoms with Crippen LogP contribution >= 0.6 is 15.9 Å². The maximum absolute atomic E-state index is 12.3. The van der Waals surface area contributed by atoms with Gasteiger partial charge in [0.15, 0.2) is 6.61 Å². The number of carbonyl (C=O) groups excluding carboxylic acids is 2. The minimum atomic E-state index is -0.828. The number of nitrogens with one attached hydrogen (secondary N) is 2. The Bertz CT molecular complexity index is 1140. The second-order valence-electron chi connectivity index (χ2n) is 5.57. The first-order valence-corrected chi connectivity index (χ1v) is 8.67. The summed E-state index contributed by atoms with van der Waals surface area (Å²) in [4.78, 5) is 48.2. The summed E-state index contributed by atoms with van der Waals surface area (Å²) >= 11 is 3.29. The van der Waals surface area contributed by atoms with Gasteiger partial charge in [0.25, 0.3) is 17.0 Å². The monoisotopic (exact) mass is 431 g/mol. The third kappa shape index (κ3) is 4.32. The largest absolute Gasteiger partial charge is 0.454 e. The molecule has 1 aromatic heterocycles. The number of esters is 1. The number of aromatic nitrogens is 2. The van der Waals surface area contributed by atoms with Gasteiger partial charge in [-0.2, -0.15) is 0 Å². The van der Waals surface area contributed by atoms with E-state index < -0.39 is 36.1 Å². The molecule has 9 heteroatoms. The highest BCUT2D eigenvalue weighted by molar-refractivity contribution is 9.10. The van der Waals surface area contributed by atoms with Gasteiger partial charge in [0.05, 0.1) is 16.5 Å². The van der Waals surface area contributed by atoms with Crippen LogP contribution in [0.15, 0.2) is 62.6 Å². The van der Waals surface area contributed by atoms with Crippen LogP contribution in [-0.4, -0.2) is 28.3 Å². The van der Waals surface area contributed by atoms with Gasteiger partial charge in [0, 0.05) is 4.47 Å². The van der Waals surface area contributed by atoms with Gasteiger partial charge in [0.2, 0.25) is 0 Å². The van der Waals surface area contributed by atoms with Gasteiger partial charge in [0.1, 0.15) is 6.54 Å². The lowest BCUT2D eigenvalue weighted by Gasteiger charge is -2.09. The van der Waals surface area contributed by atoms with Crippen molar-refractivity contribution >= 4 is 44.3 Å². The fourth-order valence-electron chi connectivity index (χ4n) is 2.43. The summed E-state index contributed by atoms with van der Waals surface area (Å²) in [6.07, 6.45) is 0. The maximum atomic E-state index is 12.3. The SMILES string of the molecule is O=C(COC(=O)Cn1[nH]c(=O)c2ccccc2c1=O)Nc1ccccc1Br. The first-order chi connectivity index (χ1) is 13.0. The van der Waals surface area contributed by atoms with Crippen molar-refractivity contribution in [3.8, 4) is 0 Å². The Morgan fingerprint density at radius 2 is 1.70 bits per heavy atom. The number of rotatable bonds is 5. The van der Waals surface area contributed by atoms with Crippen LogP contribution in [0, 0.1) is 0 Å². The molecular formula is C18H14BrN3O5. The van der Waals surface area contributed by atoms with Crippen LogP contribution in [0.4, 0.5) is 5.69 Å². The van der Waals surface area contributed by atoms with Crippen molar-refractivity contribution in [2.24, 2.45) is 0 Å². The first kappa shape index (κ1) is 18.6. The number of carbonyl (C=O) groups is 2. The number of hydrogen-bond acceptors (Lipinski definition) is 5.